The number of rotatable bonds is 6. The first-order valence-corrected chi connectivity index (χ1v) is 8.48. The van der Waals surface area contributed by atoms with Crippen LogP contribution in [0.15, 0.2) is 36.5 Å². The van der Waals surface area contributed by atoms with Crippen molar-refractivity contribution in [2.45, 2.75) is 45.2 Å². The Balaban J connectivity index is 1.76. The number of ether oxygens (including phenoxy) is 1. The highest BCUT2D eigenvalue weighted by Gasteiger charge is 2.29. The number of nitrogens with zero attached hydrogens (tertiary/aromatic N) is 1. The zero-order valence-electron chi connectivity index (χ0n) is 13.6. The van der Waals surface area contributed by atoms with E-state index in [0.29, 0.717) is 18.0 Å². The van der Waals surface area contributed by atoms with E-state index in [1.54, 1.807) is 0 Å². The maximum Gasteiger partial charge on any atom is 0.0704 e. The Morgan fingerprint density at radius 1 is 1.18 bits per heavy atom. The number of pyridine rings is 1. The molecule has 0 saturated carbocycles. The Labute approximate surface area is 133 Å². The van der Waals surface area contributed by atoms with Gasteiger partial charge in [-0.3, -0.25) is 4.98 Å². The molecule has 2 aromatic rings. The van der Waals surface area contributed by atoms with Crippen molar-refractivity contribution in [3.8, 4) is 0 Å². The lowest BCUT2D eigenvalue weighted by molar-refractivity contribution is 0.181. The van der Waals surface area contributed by atoms with Crippen molar-refractivity contribution in [3.63, 3.8) is 0 Å². The summed E-state index contributed by atoms with van der Waals surface area (Å²) >= 11 is 0. The zero-order chi connectivity index (χ0) is 15.4. The summed E-state index contributed by atoms with van der Waals surface area (Å²) in [5.74, 6) is 0.548. The molecule has 1 N–H and O–H groups in total. The summed E-state index contributed by atoms with van der Waals surface area (Å²) in [7, 11) is 0. The first kappa shape index (κ1) is 15.4. The molecule has 0 spiro atoms. The van der Waals surface area contributed by atoms with Gasteiger partial charge < -0.3 is 10.1 Å². The lowest BCUT2D eigenvalue weighted by atomic mass is 9.92. The van der Waals surface area contributed by atoms with E-state index in [-0.39, 0.29) is 0 Å². The SMILES string of the molecule is CCC(CC)N[C@@H]1COC[C@H]1Cc1ccnc2ccccc12. The number of aromatic nitrogens is 1. The van der Waals surface area contributed by atoms with Gasteiger partial charge in [0.15, 0.2) is 0 Å². The average Bonchev–Trinajstić information content (AvgIpc) is 3.00. The van der Waals surface area contributed by atoms with E-state index in [1.807, 2.05) is 6.20 Å². The summed E-state index contributed by atoms with van der Waals surface area (Å²) in [6, 6.07) is 11.6. The quantitative estimate of drug-likeness (QED) is 0.885. The van der Waals surface area contributed by atoms with Crippen LogP contribution in [-0.4, -0.2) is 30.3 Å². The fourth-order valence-electron chi connectivity index (χ4n) is 3.43. The summed E-state index contributed by atoms with van der Waals surface area (Å²) in [5.41, 5.74) is 2.47. The summed E-state index contributed by atoms with van der Waals surface area (Å²) < 4.78 is 5.77. The first-order valence-electron chi connectivity index (χ1n) is 8.48. The molecule has 0 bridgehead atoms. The normalized spacial score (nSPS) is 21.8. The minimum atomic E-state index is 0.469. The highest BCUT2D eigenvalue weighted by molar-refractivity contribution is 5.81. The Hall–Kier alpha value is -1.45. The van der Waals surface area contributed by atoms with E-state index in [2.05, 4.69) is 54.5 Å². The second-order valence-corrected chi connectivity index (χ2v) is 6.28. The number of benzene rings is 1. The van der Waals surface area contributed by atoms with Crippen LogP contribution in [0.25, 0.3) is 10.9 Å². The molecule has 1 aromatic carbocycles. The van der Waals surface area contributed by atoms with Gasteiger partial charge in [0.05, 0.1) is 18.7 Å². The smallest absolute Gasteiger partial charge is 0.0704 e. The molecule has 3 heteroatoms. The Morgan fingerprint density at radius 2 is 2.00 bits per heavy atom. The van der Waals surface area contributed by atoms with Gasteiger partial charge in [0.25, 0.3) is 0 Å². The second kappa shape index (κ2) is 7.21. The first-order chi connectivity index (χ1) is 10.8. The van der Waals surface area contributed by atoms with Crippen LogP contribution in [-0.2, 0) is 11.2 Å². The van der Waals surface area contributed by atoms with E-state index in [4.69, 9.17) is 4.74 Å². The van der Waals surface area contributed by atoms with E-state index in [0.717, 1.165) is 25.2 Å². The van der Waals surface area contributed by atoms with Gasteiger partial charge in [-0.1, -0.05) is 32.0 Å². The molecule has 1 aliphatic heterocycles. The van der Waals surface area contributed by atoms with Gasteiger partial charge in [0.1, 0.15) is 0 Å². The maximum atomic E-state index is 5.77. The van der Waals surface area contributed by atoms with Gasteiger partial charge in [0, 0.05) is 29.6 Å². The second-order valence-electron chi connectivity index (χ2n) is 6.28. The number of nitrogens with one attached hydrogen (secondary N) is 1. The van der Waals surface area contributed by atoms with E-state index in [9.17, 15) is 0 Å². The van der Waals surface area contributed by atoms with Crippen LogP contribution in [0.5, 0.6) is 0 Å². The molecule has 0 unspecified atom stereocenters. The lowest BCUT2D eigenvalue weighted by Gasteiger charge is -2.24. The van der Waals surface area contributed by atoms with Gasteiger partial charge in [0.2, 0.25) is 0 Å². The highest BCUT2D eigenvalue weighted by atomic mass is 16.5. The standard InChI is InChI=1S/C19H26N2O/c1-3-16(4-2)21-19-13-22-12-15(19)11-14-9-10-20-18-8-6-5-7-17(14)18/h5-10,15-16,19,21H,3-4,11-13H2,1-2H3/t15-,19-/m1/s1. The number of fused-ring (bicyclic) bond motifs is 1. The van der Waals surface area contributed by atoms with Crippen molar-refractivity contribution in [1.82, 2.24) is 10.3 Å². The highest BCUT2D eigenvalue weighted by Crippen LogP contribution is 2.24. The lowest BCUT2D eigenvalue weighted by Crippen LogP contribution is -2.42. The molecule has 1 aliphatic rings. The largest absolute Gasteiger partial charge is 0.379 e. The van der Waals surface area contributed by atoms with Crippen LogP contribution in [0.2, 0.25) is 0 Å². The molecule has 22 heavy (non-hydrogen) atoms. The molecule has 3 rings (SSSR count). The van der Waals surface area contributed by atoms with Crippen molar-refractivity contribution in [2.75, 3.05) is 13.2 Å². The molecule has 3 nitrogen and oxygen atoms in total. The van der Waals surface area contributed by atoms with Crippen LogP contribution in [0.1, 0.15) is 32.3 Å². The van der Waals surface area contributed by atoms with Gasteiger partial charge in [-0.25, -0.2) is 0 Å². The third kappa shape index (κ3) is 3.31. The Morgan fingerprint density at radius 3 is 2.82 bits per heavy atom. The zero-order valence-corrected chi connectivity index (χ0v) is 13.6. The van der Waals surface area contributed by atoms with Crippen molar-refractivity contribution < 1.29 is 4.74 Å². The third-order valence-corrected chi connectivity index (χ3v) is 4.86. The van der Waals surface area contributed by atoms with Crippen LogP contribution >= 0.6 is 0 Å². The molecule has 1 saturated heterocycles. The fraction of sp³-hybridized carbons (Fsp3) is 0.526. The van der Waals surface area contributed by atoms with Crippen molar-refractivity contribution in [3.05, 3.63) is 42.1 Å². The summed E-state index contributed by atoms with van der Waals surface area (Å²) in [5, 5.41) is 5.07. The molecular weight excluding hydrogens is 272 g/mol. The van der Waals surface area contributed by atoms with E-state index >= 15 is 0 Å². The summed E-state index contributed by atoms with van der Waals surface area (Å²) in [4.78, 5) is 4.46. The molecular formula is C19H26N2O. The summed E-state index contributed by atoms with van der Waals surface area (Å²) in [6.45, 7) is 6.20. The third-order valence-electron chi connectivity index (χ3n) is 4.86. The van der Waals surface area contributed by atoms with E-state index in [1.165, 1.54) is 23.8 Å². The predicted octanol–water partition coefficient (Wildman–Crippen LogP) is 3.57. The van der Waals surface area contributed by atoms with Crippen molar-refractivity contribution >= 4 is 10.9 Å². The minimum Gasteiger partial charge on any atom is -0.379 e. The predicted molar refractivity (Wildman–Crippen MR) is 91.0 cm³/mol. The Kier molecular flexibility index (Phi) is 5.06. The molecule has 1 fully saturated rings. The molecule has 1 aromatic heterocycles. The number of para-hydroxylation sites is 1. The number of hydrogen-bond acceptors (Lipinski definition) is 3. The molecule has 2 heterocycles. The molecule has 0 amide bonds. The summed E-state index contributed by atoms with van der Waals surface area (Å²) in [6.07, 6.45) is 5.34. The number of hydrogen-bond donors (Lipinski definition) is 1. The molecule has 0 radical (unpaired) electrons. The van der Waals surface area contributed by atoms with Crippen molar-refractivity contribution in [1.29, 1.82) is 0 Å². The van der Waals surface area contributed by atoms with Crippen LogP contribution in [0.3, 0.4) is 0 Å². The van der Waals surface area contributed by atoms with Crippen LogP contribution < -0.4 is 5.32 Å². The molecule has 2 atom stereocenters. The fourth-order valence-corrected chi connectivity index (χ4v) is 3.43. The van der Waals surface area contributed by atoms with Gasteiger partial charge in [-0.05, 0) is 37.0 Å². The topological polar surface area (TPSA) is 34.1 Å². The van der Waals surface area contributed by atoms with Crippen LogP contribution in [0, 0.1) is 5.92 Å². The van der Waals surface area contributed by atoms with E-state index < -0.39 is 0 Å². The minimum absolute atomic E-state index is 0.469. The molecule has 0 aliphatic carbocycles. The average molecular weight is 298 g/mol. The van der Waals surface area contributed by atoms with Crippen molar-refractivity contribution in [2.24, 2.45) is 5.92 Å². The van der Waals surface area contributed by atoms with Gasteiger partial charge in [-0.15, -0.1) is 0 Å². The van der Waals surface area contributed by atoms with Crippen LogP contribution in [0.4, 0.5) is 0 Å². The maximum absolute atomic E-state index is 5.77. The van der Waals surface area contributed by atoms with Gasteiger partial charge in [-0.2, -0.15) is 0 Å². The monoisotopic (exact) mass is 298 g/mol. The molecule has 118 valence electrons. The Bertz CT molecular complexity index is 604. The van der Waals surface area contributed by atoms with Gasteiger partial charge >= 0.3 is 0 Å².